The molecule has 1 fully saturated rings. The van der Waals surface area contributed by atoms with E-state index in [0.29, 0.717) is 12.1 Å². The normalized spacial score (nSPS) is 24.6. The Morgan fingerprint density at radius 1 is 1.25 bits per heavy atom. The summed E-state index contributed by atoms with van der Waals surface area (Å²) in [6.07, 6.45) is 4.55. The number of amides is 1. The Kier molecular flexibility index (Phi) is 6.58. The lowest BCUT2D eigenvalue weighted by Crippen LogP contribution is -2.47. The average Bonchev–Trinajstić information content (AvgIpc) is 3.00. The molecule has 0 spiro atoms. The fraction of sp³-hybridized carbons (Fsp3) is 0.440. The molecule has 1 amide bonds. The third-order valence-corrected chi connectivity index (χ3v) is 6.71. The summed E-state index contributed by atoms with van der Waals surface area (Å²) in [4.78, 5) is 28.8. The second-order valence-electron chi connectivity index (χ2n) is 8.60. The van der Waals surface area contributed by atoms with E-state index in [-0.39, 0.29) is 48.4 Å². The maximum atomic E-state index is 13.4. The van der Waals surface area contributed by atoms with Crippen LogP contribution in [0.25, 0.3) is 6.08 Å². The number of aliphatic hydroxyl groups is 1. The Morgan fingerprint density at radius 2 is 2.00 bits per heavy atom. The van der Waals surface area contributed by atoms with Gasteiger partial charge < -0.3 is 15.0 Å². The number of fused-ring (bicyclic) bond motifs is 4. The van der Waals surface area contributed by atoms with Crippen LogP contribution in [0.2, 0.25) is 0 Å². The smallest absolute Gasteiger partial charge is 0.258 e. The number of nitrogens with one attached hydrogen (secondary N) is 1. The van der Waals surface area contributed by atoms with Gasteiger partial charge in [0.25, 0.3) is 5.56 Å². The van der Waals surface area contributed by atoms with Gasteiger partial charge >= 0.3 is 0 Å². The highest BCUT2D eigenvalue weighted by molar-refractivity contribution is 5.80. The fourth-order valence-corrected chi connectivity index (χ4v) is 5.32. The molecule has 1 saturated heterocycles. The van der Waals surface area contributed by atoms with Crippen molar-refractivity contribution in [2.24, 2.45) is 11.8 Å². The van der Waals surface area contributed by atoms with Gasteiger partial charge in [-0.2, -0.15) is 0 Å². The fourth-order valence-electron chi connectivity index (χ4n) is 5.32. The standard InChI is InChI=1S/C25H30FN3O3/c1-3-5-17-8-11-20-23-22(24(31)27-13-16-6-9-18(26)10-7-16)19(15-30)21(28(23)12-4-2)14-29(20)25(17)32/h3,5-11,19,21-23,30H,4,12-15H2,1-2H3,(H,27,31)/b5-3+/t19-,21-,22+,23+/m0/s1. The minimum Gasteiger partial charge on any atom is -0.396 e. The molecule has 0 unspecified atom stereocenters. The van der Waals surface area contributed by atoms with Crippen LogP contribution in [-0.4, -0.2) is 39.7 Å². The van der Waals surface area contributed by atoms with Crippen LogP contribution < -0.4 is 10.9 Å². The highest BCUT2D eigenvalue weighted by Crippen LogP contribution is 2.48. The summed E-state index contributed by atoms with van der Waals surface area (Å²) in [6, 6.07) is 9.44. The van der Waals surface area contributed by atoms with Crippen LogP contribution in [0.15, 0.2) is 47.3 Å². The van der Waals surface area contributed by atoms with Gasteiger partial charge in [-0.3, -0.25) is 14.5 Å². The van der Waals surface area contributed by atoms with E-state index < -0.39 is 5.92 Å². The highest BCUT2D eigenvalue weighted by atomic mass is 19.1. The summed E-state index contributed by atoms with van der Waals surface area (Å²) in [5.74, 6) is -1.22. The van der Waals surface area contributed by atoms with Gasteiger partial charge in [0, 0.05) is 42.9 Å². The molecule has 0 radical (unpaired) electrons. The first-order chi connectivity index (χ1) is 15.5. The zero-order chi connectivity index (χ0) is 22.8. The first kappa shape index (κ1) is 22.4. The van der Waals surface area contributed by atoms with Crippen molar-refractivity contribution in [1.82, 2.24) is 14.8 Å². The molecule has 2 N–H and O–H groups in total. The molecule has 1 aromatic heterocycles. The predicted octanol–water partition coefficient (Wildman–Crippen LogP) is 2.71. The van der Waals surface area contributed by atoms with Crippen LogP contribution in [0.1, 0.15) is 43.1 Å². The van der Waals surface area contributed by atoms with Crippen LogP contribution in [-0.2, 0) is 17.9 Å². The van der Waals surface area contributed by atoms with Gasteiger partial charge in [0.1, 0.15) is 5.82 Å². The Balaban J connectivity index is 1.68. The van der Waals surface area contributed by atoms with Crippen molar-refractivity contribution in [2.45, 2.75) is 45.4 Å². The molecular formula is C25H30FN3O3. The second kappa shape index (κ2) is 9.38. The van der Waals surface area contributed by atoms with E-state index in [1.807, 2.05) is 25.1 Å². The molecule has 2 aliphatic rings. The van der Waals surface area contributed by atoms with Gasteiger partial charge in [0.2, 0.25) is 5.91 Å². The molecule has 170 valence electrons. The van der Waals surface area contributed by atoms with E-state index in [0.717, 1.165) is 24.2 Å². The number of carbonyl (C=O) groups is 1. The molecule has 4 rings (SSSR count). The molecule has 0 aliphatic carbocycles. The first-order valence-corrected chi connectivity index (χ1v) is 11.2. The van der Waals surface area contributed by atoms with Gasteiger partial charge in [-0.05, 0) is 49.7 Å². The summed E-state index contributed by atoms with van der Waals surface area (Å²) < 4.78 is 15.0. The number of hydrogen-bond acceptors (Lipinski definition) is 4. The van der Waals surface area contributed by atoms with Gasteiger partial charge in [0.15, 0.2) is 0 Å². The van der Waals surface area contributed by atoms with Crippen molar-refractivity contribution >= 4 is 12.0 Å². The minimum absolute atomic E-state index is 0.0594. The number of pyridine rings is 1. The van der Waals surface area contributed by atoms with Crippen molar-refractivity contribution in [1.29, 1.82) is 0 Å². The van der Waals surface area contributed by atoms with Crippen LogP contribution in [0.3, 0.4) is 0 Å². The lowest BCUT2D eigenvalue weighted by Gasteiger charge is -2.38. The molecule has 2 aliphatic heterocycles. The summed E-state index contributed by atoms with van der Waals surface area (Å²) in [7, 11) is 0. The predicted molar refractivity (Wildman–Crippen MR) is 121 cm³/mol. The third kappa shape index (κ3) is 3.91. The first-order valence-electron chi connectivity index (χ1n) is 11.2. The molecule has 0 saturated carbocycles. The zero-order valence-electron chi connectivity index (χ0n) is 18.5. The monoisotopic (exact) mass is 439 g/mol. The van der Waals surface area contributed by atoms with E-state index in [4.69, 9.17) is 0 Å². The van der Waals surface area contributed by atoms with E-state index in [1.54, 1.807) is 22.8 Å². The number of halogens is 1. The Morgan fingerprint density at radius 3 is 2.66 bits per heavy atom. The third-order valence-electron chi connectivity index (χ3n) is 6.71. The summed E-state index contributed by atoms with van der Waals surface area (Å²) in [6.45, 7) is 5.38. The number of aromatic nitrogens is 1. The Hall–Kier alpha value is -2.77. The number of benzene rings is 1. The summed E-state index contributed by atoms with van der Waals surface area (Å²) in [5, 5.41) is 13.3. The molecule has 32 heavy (non-hydrogen) atoms. The van der Waals surface area contributed by atoms with Gasteiger partial charge in [-0.15, -0.1) is 0 Å². The van der Waals surface area contributed by atoms with Gasteiger partial charge in [-0.1, -0.05) is 31.2 Å². The molecule has 3 heterocycles. The average molecular weight is 440 g/mol. The highest BCUT2D eigenvalue weighted by Gasteiger charge is 2.55. The SMILES string of the molecule is C/C=C/c1ccc2n(c1=O)C[C@H]1[C@H](CO)[C@@H](C(=O)NCc3ccc(F)cc3)[C@@H]2N1CCC. The molecule has 6 nitrogen and oxygen atoms in total. The Bertz CT molecular complexity index is 1060. The van der Waals surface area contributed by atoms with E-state index in [1.165, 1.54) is 12.1 Å². The lowest BCUT2D eigenvalue weighted by molar-refractivity contribution is -0.127. The van der Waals surface area contributed by atoms with Crippen LogP contribution in [0.5, 0.6) is 0 Å². The number of rotatable bonds is 7. The molecule has 7 heteroatoms. The Labute approximate surface area is 187 Å². The maximum Gasteiger partial charge on any atom is 0.258 e. The zero-order valence-corrected chi connectivity index (χ0v) is 18.5. The van der Waals surface area contributed by atoms with Crippen LogP contribution in [0, 0.1) is 17.7 Å². The summed E-state index contributed by atoms with van der Waals surface area (Å²) in [5.41, 5.74) is 2.19. The number of hydrogen-bond donors (Lipinski definition) is 2. The lowest BCUT2D eigenvalue weighted by atomic mass is 9.86. The summed E-state index contributed by atoms with van der Waals surface area (Å²) >= 11 is 0. The number of allylic oxidation sites excluding steroid dienone is 1. The second-order valence-corrected chi connectivity index (χ2v) is 8.60. The molecule has 2 aromatic rings. The van der Waals surface area contributed by atoms with Gasteiger partial charge in [0.05, 0.1) is 12.0 Å². The largest absolute Gasteiger partial charge is 0.396 e. The van der Waals surface area contributed by atoms with Crippen LogP contribution in [0.4, 0.5) is 4.39 Å². The molecule has 1 aromatic carbocycles. The minimum atomic E-state index is -0.474. The number of aliphatic hydroxyl groups excluding tert-OH is 1. The van der Waals surface area contributed by atoms with Crippen molar-refractivity contribution in [3.05, 3.63) is 75.5 Å². The van der Waals surface area contributed by atoms with Crippen molar-refractivity contribution in [3.8, 4) is 0 Å². The quantitative estimate of drug-likeness (QED) is 0.696. The van der Waals surface area contributed by atoms with Crippen molar-refractivity contribution < 1.29 is 14.3 Å². The van der Waals surface area contributed by atoms with Crippen molar-refractivity contribution in [2.75, 3.05) is 13.2 Å². The molecule has 2 bridgehead atoms. The molecular weight excluding hydrogens is 409 g/mol. The number of nitrogens with zero attached hydrogens (tertiary/aromatic N) is 2. The van der Waals surface area contributed by atoms with Crippen molar-refractivity contribution in [3.63, 3.8) is 0 Å². The van der Waals surface area contributed by atoms with Gasteiger partial charge in [-0.25, -0.2) is 4.39 Å². The van der Waals surface area contributed by atoms with E-state index in [9.17, 15) is 19.1 Å². The van der Waals surface area contributed by atoms with E-state index in [2.05, 4.69) is 17.1 Å². The van der Waals surface area contributed by atoms with E-state index >= 15 is 0 Å². The topological polar surface area (TPSA) is 74.6 Å². The maximum absolute atomic E-state index is 13.4. The van der Waals surface area contributed by atoms with Crippen LogP contribution >= 0.6 is 0 Å². The molecule has 4 atom stereocenters. The number of carbonyl (C=O) groups excluding carboxylic acids is 1.